The summed E-state index contributed by atoms with van der Waals surface area (Å²) in [5.41, 5.74) is 2.30. The summed E-state index contributed by atoms with van der Waals surface area (Å²) in [7, 11) is -1.06. The normalized spacial score (nSPS) is 28.5. The van der Waals surface area contributed by atoms with Gasteiger partial charge in [-0.3, -0.25) is 14.4 Å². The fourth-order valence-corrected chi connectivity index (χ4v) is 8.77. The molecule has 2 aromatic carbocycles. The fraction of sp³-hybridized carbons (Fsp3) is 0.595. The van der Waals surface area contributed by atoms with Crippen molar-refractivity contribution in [2.75, 3.05) is 77.3 Å². The molecule has 16 nitrogen and oxygen atoms in total. The minimum absolute atomic E-state index is 0.0505. The van der Waals surface area contributed by atoms with Gasteiger partial charge in [0, 0.05) is 101 Å². The number of amides is 3. The lowest BCUT2D eigenvalue weighted by atomic mass is 10.1. The van der Waals surface area contributed by atoms with E-state index in [1.54, 1.807) is 0 Å². The third-order valence-electron chi connectivity index (χ3n) is 10.8. The number of carbonyl (C=O) groups excluding carboxylic acids is 3. The molecular weight excluding hydrogens is 751 g/mol. The first-order valence-electron chi connectivity index (χ1n) is 18.7. The number of likely N-dealkylation sites (N-methyl/N-ethyl adjacent to an activating group) is 1. The number of anilines is 1. The molecule has 0 bridgehead atoms. The molecule has 3 amide bonds. The van der Waals surface area contributed by atoms with Crippen LogP contribution in [0.25, 0.3) is 0 Å². The van der Waals surface area contributed by atoms with E-state index in [4.69, 9.17) is 13.3 Å². The molecule has 0 spiro atoms. The number of aliphatic hydroxyl groups excluding tert-OH is 1. The third-order valence-corrected chi connectivity index (χ3v) is 12.1. The summed E-state index contributed by atoms with van der Waals surface area (Å²) in [5, 5.41) is 14.5. The second-order valence-corrected chi connectivity index (χ2v) is 16.8. The van der Waals surface area contributed by atoms with Crippen LogP contribution in [-0.4, -0.2) is 160 Å². The molecule has 0 saturated carbocycles. The number of para-hydroxylation sites is 1. The molecule has 7 fully saturated rings. The topological polar surface area (TPSA) is 183 Å². The zero-order valence-electron chi connectivity index (χ0n) is 31.6. The van der Waals surface area contributed by atoms with Crippen molar-refractivity contribution in [3.05, 3.63) is 66.2 Å². The molecule has 0 aliphatic carbocycles. The Labute approximate surface area is 326 Å². The number of sulfonamides is 1. The summed E-state index contributed by atoms with van der Waals surface area (Å²) in [6, 6.07) is 21.2. The number of hydroxylamine groups is 1. The van der Waals surface area contributed by atoms with Crippen LogP contribution in [0.1, 0.15) is 44.4 Å². The van der Waals surface area contributed by atoms with Gasteiger partial charge in [0.05, 0.1) is 11.9 Å². The van der Waals surface area contributed by atoms with Crippen LogP contribution in [0.15, 0.2) is 60.7 Å². The SMILES string of the molecule is CC1CC2CN(S(C)(=O)=O)CCN2C1=O.CN1CCN2C(=O)C(O)CC2C1.O=C1CCC2CNCCN12.O=S=O.c1ccc(C2ON2c2ccccc2)cc1. The molecule has 0 radical (unpaired) electrons. The minimum Gasteiger partial charge on any atom is -0.383 e. The van der Waals surface area contributed by atoms with Gasteiger partial charge in [0.2, 0.25) is 28.1 Å². The highest BCUT2D eigenvalue weighted by Crippen LogP contribution is 2.41. The van der Waals surface area contributed by atoms with Gasteiger partial charge in [-0.1, -0.05) is 55.5 Å². The van der Waals surface area contributed by atoms with Crippen molar-refractivity contribution in [1.82, 2.24) is 29.2 Å². The monoisotopic (exact) mass is 803 g/mol. The van der Waals surface area contributed by atoms with Crippen molar-refractivity contribution < 1.29 is 41.2 Å². The van der Waals surface area contributed by atoms with Crippen molar-refractivity contribution in [1.29, 1.82) is 0 Å². The van der Waals surface area contributed by atoms with E-state index in [-0.39, 0.29) is 36.0 Å². The quantitative estimate of drug-likeness (QED) is 0.410. The van der Waals surface area contributed by atoms with E-state index < -0.39 is 27.7 Å². The Hall–Kier alpha value is -3.78. The van der Waals surface area contributed by atoms with Crippen LogP contribution in [-0.2, 0) is 40.8 Å². The van der Waals surface area contributed by atoms with Crippen molar-refractivity contribution in [3.8, 4) is 0 Å². The number of hydrogen-bond acceptors (Lipinski definition) is 12. The van der Waals surface area contributed by atoms with Gasteiger partial charge in [0.1, 0.15) is 6.10 Å². The second-order valence-electron chi connectivity index (χ2n) is 14.7. The molecule has 55 heavy (non-hydrogen) atoms. The fourth-order valence-electron chi connectivity index (χ4n) is 7.91. The molecule has 302 valence electrons. The van der Waals surface area contributed by atoms with E-state index in [0.29, 0.717) is 38.0 Å². The van der Waals surface area contributed by atoms with Crippen molar-refractivity contribution in [3.63, 3.8) is 0 Å². The van der Waals surface area contributed by atoms with Crippen LogP contribution in [0.5, 0.6) is 0 Å². The number of hydrogen-bond donors (Lipinski definition) is 2. The molecule has 0 aromatic heterocycles. The maximum atomic E-state index is 11.7. The predicted molar refractivity (Wildman–Crippen MR) is 205 cm³/mol. The molecule has 2 aromatic rings. The Balaban J connectivity index is 0.000000139. The highest BCUT2D eigenvalue weighted by molar-refractivity contribution is 7.88. The average Bonchev–Trinajstić information content (AvgIpc) is 3.73. The first kappa shape index (κ1) is 42.4. The molecule has 18 heteroatoms. The lowest BCUT2D eigenvalue weighted by Crippen LogP contribution is -2.52. The molecular formula is C37H53N7O9S2. The lowest BCUT2D eigenvalue weighted by Gasteiger charge is -2.35. The molecule has 7 aliphatic rings. The summed E-state index contributed by atoms with van der Waals surface area (Å²) >= 11 is -0.750. The molecule has 7 aliphatic heterocycles. The highest BCUT2D eigenvalue weighted by Gasteiger charge is 2.42. The van der Waals surface area contributed by atoms with Crippen LogP contribution in [0.3, 0.4) is 0 Å². The molecule has 9 rings (SSSR count). The van der Waals surface area contributed by atoms with E-state index in [1.165, 1.54) is 16.1 Å². The summed E-state index contributed by atoms with van der Waals surface area (Å²) in [6.07, 6.45) is 3.81. The van der Waals surface area contributed by atoms with E-state index in [9.17, 15) is 27.9 Å². The zero-order valence-corrected chi connectivity index (χ0v) is 33.3. The van der Waals surface area contributed by atoms with Crippen molar-refractivity contribution in [2.45, 2.75) is 63.1 Å². The number of nitrogens with zero attached hydrogens (tertiary/aromatic N) is 6. The van der Waals surface area contributed by atoms with E-state index in [2.05, 4.69) is 22.3 Å². The van der Waals surface area contributed by atoms with Gasteiger partial charge in [-0.15, -0.1) is 0 Å². The maximum Gasteiger partial charge on any atom is 0.335 e. The van der Waals surface area contributed by atoms with E-state index >= 15 is 0 Å². The Morgan fingerprint density at radius 2 is 1.42 bits per heavy atom. The maximum absolute atomic E-state index is 11.7. The Morgan fingerprint density at radius 1 is 0.800 bits per heavy atom. The van der Waals surface area contributed by atoms with Crippen LogP contribution < -0.4 is 10.4 Å². The van der Waals surface area contributed by atoms with E-state index in [0.717, 1.165) is 64.2 Å². The van der Waals surface area contributed by atoms with Crippen LogP contribution in [0.2, 0.25) is 0 Å². The number of nitrogens with one attached hydrogen (secondary N) is 1. The van der Waals surface area contributed by atoms with Crippen LogP contribution in [0, 0.1) is 5.92 Å². The summed E-state index contributed by atoms with van der Waals surface area (Å²) < 4.78 is 40.8. The largest absolute Gasteiger partial charge is 0.383 e. The number of fused-ring (bicyclic) bond motifs is 3. The summed E-state index contributed by atoms with van der Waals surface area (Å²) in [5.74, 6) is 0.502. The van der Waals surface area contributed by atoms with Gasteiger partial charge in [-0.05, 0) is 32.0 Å². The summed E-state index contributed by atoms with van der Waals surface area (Å²) in [6.45, 7) is 8.86. The van der Waals surface area contributed by atoms with Crippen LogP contribution in [0.4, 0.5) is 5.69 Å². The van der Waals surface area contributed by atoms with Gasteiger partial charge >= 0.3 is 11.6 Å². The first-order chi connectivity index (χ1) is 26.3. The Kier molecular flexibility index (Phi) is 14.9. The Bertz CT molecular complexity index is 1710. The standard InChI is InChI=1S/C13H11NO.C9H16N2O3S.C8H14N2O2.C7H12N2O.O2S/c1-3-7-11(8-4-1)13-14(15-13)12-9-5-2-6-10-12;1-7-5-8-6-10(15(2,13)14)3-4-11(8)9(7)12;1-9-2-3-10-6(5-9)4-7(11)8(10)12;10-7-2-1-6-5-8-3-4-9(6)7;1-3-2/h1-10,13H;7-8H,3-6H2,1-2H3;6-7,11H,2-5H2,1H3;6,8H,1-5H2;. The van der Waals surface area contributed by atoms with Crippen molar-refractivity contribution in [2.24, 2.45) is 5.92 Å². The minimum atomic E-state index is -3.10. The number of carbonyl (C=O) groups is 3. The van der Waals surface area contributed by atoms with Gasteiger partial charge in [-0.25, -0.2) is 18.3 Å². The second kappa shape index (κ2) is 19.4. The number of aliphatic hydroxyl groups is 1. The Morgan fingerprint density at radius 3 is 2.07 bits per heavy atom. The number of rotatable bonds is 3. The first-order valence-corrected chi connectivity index (χ1v) is 21.2. The average molecular weight is 804 g/mol. The van der Waals surface area contributed by atoms with Gasteiger partial charge in [0.25, 0.3) is 5.91 Å². The molecule has 7 heterocycles. The molecule has 6 atom stereocenters. The number of benzene rings is 2. The highest BCUT2D eigenvalue weighted by atomic mass is 32.2. The lowest BCUT2D eigenvalue weighted by molar-refractivity contribution is -0.136. The van der Waals surface area contributed by atoms with Crippen LogP contribution >= 0.6 is 0 Å². The molecule has 2 N–H and O–H groups in total. The molecule has 7 saturated heterocycles. The van der Waals surface area contributed by atoms with Gasteiger partial charge < -0.3 is 30.0 Å². The van der Waals surface area contributed by atoms with Gasteiger partial charge in [-0.2, -0.15) is 12.7 Å². The molecule has 6 unspecified atom stereocenters. The predicted octanol–water partition coefficient (Wildman–Crippen LogP) is 0.440. The van der Waals surface area contributed by atoms with Gasteiger partial charge in [0.15, 0.2) is 0 Å². The summed E-state index contributed by atoms with van der Waals surface area (Å²) in [4.78, 5) is 47.4. The number of piperazine rings is 3. The van der Waals surface area contributed by atoms with Crippen molar-refractivity contribution >= 4 is 45.0 Å². The smallest absolute Gasteiger partial charge is 0.335 e. The zero-order chi connectivity index (χ0) is 39.7. The van der Waals surface area contributed by atoms with E-state index in [1.807, 2.05) is 82.3 Å². The third kappa shape index (κ3) is 11.2.